The largest absolute Gasteiger partial charge is 0.416 e. The summed E-state index contributed by atoms with van der Waals surface area (Å²) in [7, 11) is -1.67. The molecule has 134 valence electrons. The zero-order valence-electron chi connectivity index (χ0n) is 17.2. The minimum Gasteiger partial charge on any atom is -0.416 e. The highest BCUT2D eigenvalue weighted by Gasteiger charge is 2.52. The molecule has 1 nitrogen and oxygen atoms in total. The SMILES string of the molecule is CC1=CC[C@H]2C(C)(C)CCC[C@]2(C)[C@H]1CO[Si](C)(C)C(C)(C)C. The standard InChI is InChI=1S/C21H40OSi/c1-16-11-12-18-20(5,6)13-10-14-21(18,7)17(16)15-22-23(8,9)19(2,3)4/h11,17-18H,10,12-15H2,1-9H3/t17-,18-,21+/m0/s1. The Labute approximate surface area is 146 Å². The van der Waals surface area contributed by atoms with Crippen LogP contribution in [-0.4, -0.2) is 14.9 Å². The third kappa shape index (κ3) is 3.49. The van der Waals surface area contributed by atoms with Crippen molar-refractivity contribution >= 4 is 8.32 Å². The summed E-state index contributed by atoms with van der Waals surface area (Å²) in [5.41, 5.74) is 2.47. The van der Waals surface area contributed by atoms with Crippen LogP contribution in [0.15, 0.2) is 11.6 Å². The van der Waals surface area contributed by atoms with Crippen LogP contribution in [0.1, 0.15) is 74.1 Å². The van der Waals surface area contributed by atoms with E-state index < -0.39 is 8.32 Å². The van der Waals surface area contributed by atoms with Gasteiger partial charge in [0.05, 0.1) is 0 Å². The Bertz CT molecular complexity index is 469. The molecule has 0 radical (unpaired) electrons. The van der Waals surface area contributed by atoms with E-state index in [1.54, 1.807) is 5.57 Å². The average Bonchev–Trinajstić information content (AvgIpc) is 2.35. The topological polar surface area (TPSA) is 9.23 Å². The molecular weight excluding hydrogens is 296 g/mol. The van der Waals surface area contributed by atoms with E-state index in [4.69, 9.17) is 4.43 Å². The molecule has 2 rings (SSSR count). The van der Waals surface area contributed by atoms with Gasteiger partial charge in [0.25, 0.3) is 0 Å². The maximum Gasteiger partial charge on any atom is 0.192 e. The molecule has 0 saturated heterocycles. The van der Waals surface area contributed by atoms with Crippen LogP contribution >= 0.6 is 0 Å². The highest BCUT2D eigenvalue weighted by molar-refractivity contribution is 6.74. The van der Waals surface area contributed by atoms with E-state index in [0.717, 1.165) is 12.5 Å². The van der Waals surface area contributed by atoms with Crippen LogP contribution in [0.2, 0.25) is 18.1 Å². The van der Waals surface area contributed by atoms with Crippen LogP contribution in [0, 0.1) is 22.7 Å². The fourth-order valence-electron chi connectivity index (χ4n) is 4.97. The van der Waals surface area contributed by atoms with Crippen LogP contribution < -0.4 is 0 Å². The van der Waals surface area contributed by atoms with Crippen molar-refractivity contribution < 1.29 is 4.43 Å². The number of rotatable bonds is 3. The molecule has 3 atom stereocenters. The van der Waals surface area contributed by atoms with Crippen molar-refractivity contribution in [3.05, 3.63) is 11.6 Å². The van der Waals surface area contributed by atoms with Gasteiger partial charge in [0.1, 0.15) is 0 Å². The lowest BCUT2D eigenvalue weighted by Gasteiger charge is -2.57. The van der Waals surface area contributed by atoms with Crippen molar-refractivity contribution in [3.63, 3.8) is 0 Å². The molecule has 1 saturated carbocycles. The minimum atomic E-state index is -1.67. The first-order valence-electron chi connectivity index (χ1n) is 9.62. The van der Waals surface area contributed by atoms with E-state index >= 15 is 0 Å². The molecular formula is C21H40OSi. The molecule has 0 spiro atoms. The lowest BCUT2D eigenvalue weighted by molar-refractivity contribution is -0.0493. The second kappa shape index (κ2) is 6.02. The van der Waals surface area contributed by atoms with Gasteiger partial charge in [-0.3, -0.25) is 0 Å². The molecule has 2 aliphatic rings. The van der Waals surface area contributed by atoms with Crippen LogP contribution in [0.25, 0.3) is 0 Å². The third-order valence-corrected chi connectivity index (χ3v) is 12.2. The van der Waals surface area contributed by atoms with E-state index in [2.05, 4.69) is 67.6 Å². The van der Waals surface area contributed by atoms with E-state index in [1.807, 2.05) is 0 Å². The van der Waals surface area contributed by atoms with E-state index in [-0.39, 0.29) is 0 Å². The minimum absolute atomic E-state index is 0.297. The Morgan fingerprint density at radius 2 is 1.78 bits per heavy atom. The lowest BCUT2D eigenvalue weighted by Crippen LogP contribution is -2.51. The van der Waals surface area contributed by atoms with Crippen molar-refractivity contribution in [2.24, 2.45) is 22.7 Å². The second-order valence-electron chi connectivity index (χ2n) is 10.7. The van der Waals surface area contributed by atoms with Gasteiger partial charge < -0.3 is 4.43 Å². The summed E-state index contributed by atoms with van der Waals surface area (Å²) < 4.78 is 6.68. The van der Waals surface area contributed by atoms with Gasteiger partial charge in [-0.15, -0.1) is 0 Å². The van der Waals surface area contributed by atoms with E-state index in [9.17, 15) is 0 Å². The van der Waals surface area contributed by atoms with Gasteiger partial charge in [-0.05, 0) is 61.1 Å². The van der Waals surface area contributed by atoms with Crippen LogP contribution in [0.5, 0.6) is 0 Å². The maximum atomic E-state index is 6.68. The highest BCUT2D eigenvalue weighted by Crippen LogP contribution is 2.59. The van der Waals surface area contributed by atoms with Crippen LogP contribution in [-0.2, 0) is 4.43 Å². The van der Waals surface area contributed by atoms with Gasteiger partial charge >= 0.3 is 0 Å². The average molecular weight is 337 g/mol. The Balaban J connectivity index is 2.23. The molecule has 0 bridgehead atoms. The highest BCUT2D eigenvalue weighted by atomic mass is 28.4. The van der Waals surface area contributed by atoms with E-state index in [0.29, 0.717) is 21.8 Å². The molecule has 0 aromatic heterocycles. The number of hydrogen-bond acceptors (Lipinski definition) is 1. The summed E-state index contributed by atoms with van der Waals surface area (Å²) >= 11 is 0. The Morgan fingerprint density at radius 3 is 2.35 bits per heavy atom. The fourth-order valence-corrected chi connectivity index (χ4v) is 5.98. The monoisotopic (exact) mass is 336 g/mol. The first kappa shape index (κ1) is 19.2. The quantitative estimate of drug-likeness (QED) is 0.406. The summed E-state index contributed by atoms with van der Waals surface area (Å²) in [6.07, 6.45) is 7.93. The van der Waals surface area contributed by atoms with Crippen molar-refractivity contribution in [2.75, 3.05) is 6.61 Å². The molecule has 0 heterocycles. The summed E-state index contributed by atoms with van der Waals surface area (Å²) in [6, 6.07) is 0. The Morgan fingerprint density at radius 1 is 1.17 bits per heavy atom. The first-order valence-corrected chi connectivity index (χ1v) is 12.5. The Kier molecular flexibility index (Phi) is 5.04. The summed E-state index contributed by atoms with van der Waals surface area (Å²) in [4.78, 5) is 0. The van der Waals surface area contributed by atoms with Crippen molar-refractivity contribution in [1.82, 2.24) is 0 Å². The second-order valence-corrected chi connectivity index (χ2v) is 15.5. The molecule has 2 aliphatic carbocycles. The molecule has 0 aliphatic heterocycles. The number of allylic oxidation sites excluding steroid dienone is 1. The fraction of sp³-hybridized carbons (Fsp3) is 0.905. The molecule has 0 aromatic rings. The van der Waals surface area contributed by atoms with Crippen LogP contribution in [0.3, 0.4) is 0 Å². The van der Waals surface area contributed by atoms with Gasteiger partial charge in [0.15, 0.2) is 8.32 Å². The molecule has 2 heteroatoms. The molecule has 1 fully saturated rings. The van der Waals surface area contributed by atoms with Crippen molar-refractivity contribution in [2.45, 2.75) is 92.3 Å². The van der Waals surface area contributed by atoms with E-state index in [1.165, 1.54) is 25.7 Å². The summed E-state index contributed by atoms with van der Waals surface area (Å²) in [6.45, 7) is 22.6. The molecule has 0 unspecified atom stereocenters. The predicted octanol–water partition coefficient (Wildman–Crippen LogP) is 6.81. The van der Waals surface area contributed by atoms with Gasteiger partial charge in [0.2, 0.25) is 0 Å². The van der Waals surface area contributed by atoms with Crippen LogP contribution in [0.4, 0.5) is 0 Å². The lowest BCUT2D eigenvalue weighted by atomic mass is 9.49. The number of hydrogen-bond donors (Lipinski definition) is 0. The summed E-state index contributed by atoms with van der Waals surface area (Å²) in [5, 5.41) is 0.297. The van der Waals surface area contributed by atoms with Crippen molar-refractivity contribution in [3.8, 4) is 0 Å². The van der Waals surface area contributed by atoms with Gasteiger partial charge in [0, 0.05) is 12.5 Å². The first-order chi connectivity index (χ1) is 10.3. The maximum absolute atomic E-state index is 6.68. The van der Waals surface area contributed by atoms with Crippen molar-refractivity contribution in [1.29, 1.82) is 0 Å². The molecule has 0 N–H and O–H groups in total. The Hall–Kier alpha value is -0.0831. The zero-order chi connectivity index (χ0) is 17.7. The normalized spacial score (nSPS) is 34.7. The third-order valence-electron chi connectivity index (χ3n) is 7.71. The number of fused-ring (bicyclic) bond motifs is 1. The smallest absolute Gasteiger partial charge is 0.192 e. The van der Waals surface area contributed by atoms with Gasteiger partial charge in [-0.1, -0.05) is 59.6 Å². The van der Waals surface area contributed by atoms with Gasteiger partial charge in [-0.2, -0.15) is 0 Å². The predicted molar refractivity (Wildman–Crippen MR) is 104 cm³/mol. The molecule has 23 heavy (non-hydrogen) atoms. The zero-order valence-corrected chi connectivity index (χ0v) is 18.2. The molecule has 0 aromatic carbocycles. The molecule has 0 amide bonds. The summed E-state index contributed by atoms with van der Waals surface area (Å²) in [5.74, 6) is 1.41. The van der Waals surface area contributed by atoms with Gasteiger partial charge in [-0.25, -0.2) is 0 Å².